The van der Waals surface area contributed by atoms with E-state index in [2.05, 4.69) is 4.98 Å². The summed E-state index contributed by atoms with van der Waals surface area (Å²) in [5, 5.41) is 9.89. The van der Waals surface area contributed by atoms with Gasteiger partial charge >= 0.3 is 5.97 Å². The fraction of sp³-hybridized carbons (Fsp3) is 0.333. The van der Waals surface area contributed by atoms with E-state index >= 15 is 0 Å². The van der Waals surface area contributed by atoms with Crippen LogP contribution in [0.15, 0.2) is 40.5 Å². The standard InChI is InChI=1S/C18H19Cl3N2O2/c1-4-10(2)17-22-16(21)15(18(24)25)23(17)9-12-6-8-13(19)11(3)5-7-14(12)20/h4-6,8,13H,7,9H2,1-3H3,(H,24,25)/b8-6?,10-4+,11-5-,14-12-. The summed E-state index contributed by atoms with van der Waals surface area (Å²) < 4.78 is 1.57. The molecule has 0 bridgehead atoms. The quantitative estimate of drug-likeness (QED) is 0.523. The zero-order valence-electron chi connectivity index (χ0n) is 14.2. The number of carboxylic acid groups (broad SMARTS) is 1. The van der Waals surface area contributed by atoms with Crippen LogP contribution in [0.3, 0.4) is 0 Å². The van der Waals surface area contributed by atoms with Crippen LogP contribution in [0.5, 0.6) is 0 Å². The molecular weight excluding hydrogens is 383 g/mol. The molecule has 0 aromatic carbocycles. The summed E-state index contributed by atoms with van der Waals surface area (Å²) in [4.78, 5) is 15.9. The highest BCUT2D eigenvalue weighted by atomic mass is 35.5. The van der Waals surface area contributed by atoms with Gasteiger partial charge in [-0.25, -0.2) is 9.78 Å². The topological polar surface area (TPSA) is 55.1 Å². The first-order valence-corrected chi connectivity index (χ1v) is 8.94. The van der Waals surface area contributed by atoms with Crippen LogP contribution in [0.25, 0.3) is 5.57 Å². The number of hydrogen-bond acceptors (Lipinski definition) is 2. The van der Waals surface area contributed by atoms with Crippen molar-refractivity contribution in [2.24, 2.45) is 0 Å². The molecule has 0 saturated carbocycles. The Hall–Kier alpha value is -1.49. The lowest BCUT2D eigenvalue weighted by atomic mass is 10.1. The molecule has 1 unspecified atom stereocenters. The summed E-state index contributed by atoms with van der Waals surface area (Å²) in [6, 6.07) is 0. The molecule has 25 heavy (non-hydrogen) atoms. The Balaban J connectivity index is 2.55. The molecule has 0 amide bonds. The van der Waals surface area contributed by atoms with Crippen LogP contribution in [0.4, 0.5) is 0 Å². The van der Waals surface area contributed by atoms with Gasteiger partial charge in [-0.3, -0.25) is 0 Å². The van der Waals surface area contributed by atoms with E-state index in [-0.39, 0.29) is 22.8 Å². The molecule has 1 heterocycles. The lowest BCUT2D eigenvalue weighted by molar-refractivity contribution is 0.0685. The molecule has 0 aliphatic heterocycles. The number of aromatic carboxylic acids is 1. The lowest BCUT2D eigenvalue weighted by Gasteiger charge is -2.15. The third kappa shape index (κ3) is 4.38. The van der Waals surface area contributed by atoms with Crippen LogP contribution >= 0.6 is 34.8 Å². The molecule has 7 heteroatoms. The molecular formula is C18H19Cl3N2O2. The number of carbonyl (C=O) groups is 1. The fourth-order valence-corrected chi connectivity index (χ4v) is 3.08. The van der Waals surface area contributed by atoms with E-state index in [0.717, 1.165) is 16.7 Å². The third-order valence-electron chi connectivity index (χ3n) is 4.09. The number of hydrogen-bond donors (Lipinski definition) is 1. The van der Waals surface area contributed by atoms with Crippen LogP contribution in [0.1, 0.15) is 43.5 Å². The monoisotopic (exact) mass is 400 g/mol. The van der Waals surface area contributed by atoms with Crippen molar-refractivity contribution in [3.8, 4) is 0 Å². The minimum absolute atomic E-state index is 0.0405. The minimum Gasteiger partial charge on any atom is -0.476 e. The van der Waals surface area contributed by atoms with Crippen molar-refractivity contribution in [2.45, 2.75) is 39.1 Å². The van der Waals surface area contributed by atoms with E-state index in [1.165, 1.54) is 0 Å². The van der Waals surface area contributed by atoms with Gasteiger partial charge in [0.25, 0.3) is 0 Å². The second kappa shape index (κ2) is 8.26. The molecule has 1 aliphatic rings. The Morgan fingerprint density at radius 3 is 2.76 bits per heavy atom. The summed E-state index contributed by atoms with van der Waals surface area (Å²) in [5.41, 5.74) is 2.57. The van der Waals surface area contributed by atoms with Crippen molar-refractivity contribution in [3.63, 3.8) is 0 Å². The van der Waals surface area contributed by atoms with Gasteiger partial charge in [0.1, 0.15) is 5.82 Å². The average Bonchev–Trinajstić information content (AvgIpc) is 2.90. The maximum Gasteiger partial charge on any atom is 0.355 e. The fourth-order valence-electron chi connectivity index (χ4n) is 2.46. The smallest absolute Gasteiger partial charge is 0.355 e. The van der Waals surface area contributed by atoms with Crippen molar-refractivity contribution in [1.82, 2.24) is 9.55 Å². The Morgan fingerprint density at radius 1 is 1.48 bits per heavy atom. The highest BCUT2D eigenvalue weighted by Gasteiger charge is 2.23. The molecule has 0 spiro atoms. The van der Waals surface area contributed by atoms with Crippen molar-refractivity contribution in [1.29, 1.82) is 0 Å². The van der Waals surface area contributed by atoms with Gasteiger partial charge in [0.2, 0.25) is 0 Å². The molecule has 1 atom stereocenters. The normalized spacial score (nSPS) is 23.8. The molecule has 1 aromatic rings. The first-order valence-electron chi connectivity index (χ1n) is 7.75. The van der Waals surface area contributed by atoms with Gasteiger partial charge in [-0.15, -0.1) is 11.6 Å². The lowest BCUT2D eigenvalue weighted by Crippen LogP contribution is -2.13. The molecule has 0 fully saturated rings. The molecule has 134 valence electrons. The highest BCUT2D eigenvalue weighted by Crippen LogP contribution is 2.28. The molecule has 0 saturated heterocycles. The van der Waals surface area contributed by atoms with Gasteiger partial charge in [-0.2, -0.15) is 0 Å². The zero-order chi connectivity index (χ0) is 18.7. The Bertz CT molecular complexity index is 817. The van der Waals surface area contributed by atoms with Gasteiger partial charge in [-0.05, 0) is 31.9 Å². The van der Waals surface area contributed by atoms with E-state index in [1.807, 2.05) is 45.1 Å². The van der Waals surface area contributed by atoms with Crippen molar-refractivity contribution in [3.05, 3.63) is 57.2 Å². The average molecular weight is 402 g/mol. The Kier molecular flexibility index (Phi) is 6.55. The van der Waals surface area contributed by atoms with E-state index in [1.54, 1.807) is 4.57 Å². The SMILES string of the molecule is C/C=C(\C)c1nc(Cl)c(C(=O)O)n1C/C1=C(\Cl)C/C=C(/C)C(Cl)C=C1. The maximum atomic E-state index is 11.6. The predicted octanol–water partition coefficient (Wildman–Crippen LogP) is 5.66. The summed E-state index contributed by atoms with van der Waals surface area (Å²) >= 11 is 18.8. The highest BCUT2D eigenvalue weighted by molar-refractivity contribution is 6.32. The third-order valence-corrected chi connectivity index (χ3v) is 5.25. The molecule has 2 rings (SSSR count). The summed E-state index contributed by atoms with van der Waals surface area (Å²) in [7, 11) is 0. The van der Waals surface area contributed by atoms with Gasteiger partial charge in [-0.1, -0.05) is 53.1 Å². The van der Waals surface area contributed by atoms with Crippen LogP contribution < -0.4 is 0 Å². The molecule has 0 radical (unpaired) electrons. The van der Waals surface area contributed by atoms with Crippen LogP contribution in [0, 0.1) is 0 Å². The molecule has 4 nitrogen and oxygen atoms in total. The predicted molar refractivity (Wildman–Crippen MR) is 104 cm³/mol. The second-order valence-electron chi connectivity index (χ2n) is 5.78. The van der Waals surface area contributed by atoms with E-state index in [9.17, 15) is 9.90 Å². The van der Waals surface area contributed by atoms with E-state index < -0.39 is 5.97 Å². The number of alkyl halides is 1. The number of allylic oxidation sites excluding steroid dienone is 8. The van der Waals surface area contributed by atoms with Crippen LogP contribution in [-0.4, -0.2) is 26.0 Å². The van der Waals surface area contributed by atoms with Gasteiger partial charge in [0, 0.05) is 11.5 Å². The van der Waals surface area contributed by atoms with Crippen LogP contribution in [-0.2, 0) is 6.54 Å². The number of aromatic nitrogens is 2. The molecule has 1 N–H and O–H groups in total. The summed E-state index contributed by atoms with van der Waals surface area (Å²) in [6.45, 7) is 5.90. The first kappa shape index (κ1) is 19.8. The van der Waals surface area contributed by atoms with Crippen molar-refractivity contribution < 1.29 is 9.90 Å². The number of nitrogens with zero attached hydrogens (tertiary/aromatic N) is 2. The van der Waals surface area contributed by atoms with E-state index in [0.29, 0.717) is 17.3 Å². The molecule has 1 aromatic heterocycles. The molecule has 1 aliphatic carbocycles. The number of halogens is 3. The Morgan fingerprint density at radius 2 is 2.16 bits per heavy atom. The summed E-state index contributed by atoms with van der Waals surface area (Å²) in [5.74, 6) is -0.628. The first-order chi connectivity index (χ1) is 11.8. The van der Waals surface area contributed by atoms with Crippen molar-refractivity contribution in [2.75, 3.05) is 0 Å². The number of rotatable bonds is 4. The summed E-state index contributed by atoms with van der Waals surface area (Å²) in [6.07, 6.45) is 8.04. The van der Waals surface area contributed by atoms with Gasteiger partial charge < -0.3 is 9.67 Å². The Labute approximate surface area is 162 Å². The largest absolute Gasteiger partial charge is 0.476 e. The van der Waals surface area contributed by atoms with Crippen LogP contribution in [0.2, 0.25) is 5.15 Å². The number of imidazole rings is 1. The zero-order valence-corrected chi connectivity index (χ0v) is 16.5. The number of carboxylic acids is 1. The van der Waals surface area contributed by atoms with Gasteiger partial charge in [0.05, 0.1) is 11.9 Å². The van der Waals surface area contributed by atoms with Gasteiger partial charge in [0.15, 0.2) is 10.8 Å². The maximum absolute atomic E-state index is 11.6. The van der Waals surface area contributed by atoms with E-state index in [4.69, 9.17) is 34.8 Å². The van der Waals surface area contributed by atoms with Crippen molar-refractivity contribution >= 4 is 46.3 Å². The minimum atomic E-state index is -1.13. The second-order valence-corrected chi connectivity index (χ2v) is 7.07.